The van der Waals surface area contributed by atoms with Crippen molar-refractivity contribution >= 4 is 28.7 Å². The number of hydrogen-bond donors (Lipinski definition) is 2. The lowest BCUT2D eigenvalue weighted by atomic mass is 9.87. The molecule has 33 heavy (non-hydrogen) atoms. The van der Waals surface area contributed by atoms with Gasteiger partial charge >= 0.3 is 0 Å². The van der Waals surface area contributed by atoms with E-state index in [0.717, 1.165) is 5.56 Å². The van der Waals surface area contributed by atoms with Gasteiger partial charge in [0.2, 0.25) is 5.95 Å². The third-order valence-corrected chi connectivity index (χ3v) is 4.83. The third kappa shape index (κ3) is 5.52. The lowest BCUT2D eigenvalue weighted by Crippen LogP contribution is -2.15. The molecule has 2 aromatic carbocycles. The maximum absolute atomic E-state index is 12.8. The molecule has 0 spiro atoms. The Labute approximate surface area is 192 Å². The number of rotatable bonds is 4. The van der Waals surface area contributed by atoms with Gasteiger partial charge in [0.25, 0.3) is 5.91 Å². The number of ketones is 1. The highest BCUT2D eigenvalue weighted by Crippen LogP contribution is 2.25. The molecule has 2 heterocycles. The minimum atomic E-state index is -0.417. The van der Waals surface area contributed by atoms with E-state index in [-0.39, 0.29) is 22.8 Å². The first-order chi connectivity index (χ1) is 15.8. The highest BCUT2D eigenvalue weighted by molar-refractivity contribution is 6.08. The fourth-order valence-corrected chi connectivity index (χ4v) is 3.35. The van der Waals surface area contributed by atoms with Crippen molar-refractivity contribution < 1.29 is 9.59 Å². The molecule has 6 nitrogen and oxygen atoms in total. The standard InChI is InChI=1S/C27H24N4O2/c1-27(2,3)17-23(32)20-12-8-13-21-24(20)30-26(29-21)31-25(33)22-14-7-11-19(28-22)16-15-18-9-5-4-6-10-18/h4-14H,17H2,1-3H3,(H2,29,30,31,33). The second kappa shape index (κ2) is 9.09. The first-order valence-corrected chi connectivity index (χ1v) is 10.7. The summed E-state index contributed by atoms with van der Waals surface area (Å²) in [5.41, 5.74) is 3.21. The van der Waals surface area contributed by atoms with Crippen molar-refractivity contribution in [3.8, 4) is 11.8 Å². The van der Waals surface area contributed by atoms with Crippen molar-refractivity contribution in [2.75, 3.05) is 5.32 Å². The van der Waals surface area contributed by atoms with E-state index in [1.165, 1.54) is 0 Å². The molecule has 2 N–H and O–H groups in total. The summed E-state index contributed by atoms with van der Waals surface area (Å²) in [7, 11) is 0. The van der Waals surface area contributed by atoms with Crippen molar-refractivity contribution in [3.05, 3.63) is 89.2 Å². The Morgan fingerprint density at radius 2 is 1.67 bits per heavy atom. The number of carbonyl (C=O) groups is 2. The predicted molar refractivity (Wildman–Crippen MR) is 129 cm³/mol. The first kappa shape index (κ1) is 22.0. The molecule has 0 bridgehead atoms. The molecule has 0 aliphatic carbocycles. The molecule has 0 aliphatic rings. The molecule has 164 valence electrons. The largest absolute Gasteiger partial charge is 0.324 e. The Balaban J connectivity index is 1.54. The number of benzene rings is 2. The Kier molecular flexibility index (Phi) is 6.05. The molecule has 6 heteroatoms. The number of aromatic nitrogens is 3. The maximum atomic E-state index is 12.8. The predicted octanol–water partition coefficient (Wildman–Crippen LogP) is 5.23. The molecule has 1 amide bonds. The quantitative estimate of drug-likeness (QED) is 0.339. The highest BCUT2D eigenvalue weighted by Gasteiger charge is 2.21. The van der Waals surface area contributed by atoms with Gasteiger partial charge in [0.05, 0.1) is 5.52 Å². The van der Waals surface area contributed by atoms with E-state index in [2.05, 4.69) is 32.1 Å². The Hall–Kier alpha value is -4.24. The summed E-state index contributed by atoms with van der Waals surface area (Å²) in [4.78, 5) is 37.4. The number of carbonyl (C=O) groups excluding carboxylic acids is 2. The van der Waals surface area contributed by atoms with Crippen LogP contribution in [-0.4, -0.2) is 26.6 Å². The average molecular weight is 437 g/mol. The zero-order valence-electron chi connectivity index (χ0n) is 18.8. The molecule has 0 saturated carbocycles. The van der Waals surface area contributed by atoms with Gasteiger partial charge in [0, 0.05) is 17.5 Å². The average Bonchev–Trinajstić information content (AvgIpc) is 3.20. The van der Waals surface area contributed by atoms with Crippen LogP contribution in [0.2, 0.25) is 0 Å². The number of pyridine rings is 1. The van der Waals surface area contributed by atoms with E-state index < -0.39 is 5.91 Å². The summed E-state index contributed by atoms with van der Waals surface area (Å²) in [6.07, 6.45) is 0.404. The molecule has 2 aromatic heterocycles. The minimum absolute atomic E-state index is 0.0174. The summed E-state index contributed by atoms with van der Waals surface area (Å²) in [6, 6.07) is 20.1. The summed E-state index contributed by atoms with van der Waals surface area (Å²) in [5.74, 6) is 5.87. The summed E-state index contributed by atoms with van der Waals surface area (Å²) in [5, 5.41) is 2.74. The Morgan fingerprint density at radius 3 is 2.42 bits per heavy atom. The fourth-order valence-electron chi connectivity index (χ4n) is 3.35. The Bertz CT molecular complexity index is 1390. The molecule has 0 aliphatic heterocycles. The van der Waals surface area contributed by atoms with E-state index in [4.69, 9.17) is 0 Å². The summed E-state index contributed by atoms with van der Waals surface area (Å²) >= 11 is 0. The van der Waals surface area contributed by atoms with Crippen LogP contribution in [-0.2, 0) is 0 Å². The molecule has 0 saturated heterocycles. The van der Waals surface area contributed by atoms with Gasteiger partial charge in [-0.3, -0.25) is 14.9 Å². The maximum Gasteiger partial charge on any atom is 0.276 e. The van der Waals surface area contributed by atoms with E-state index in [1.54, 1.807) is 30.3 Å². The monoisotopic (exact) mass is 436 g/mol. The fraction of sp³-hybridized carbons (Fsp3) is 0.185. The zero-order valence-corrected chi connectivity index (χ0v) is 18.8. The van der Waals surface area contributed by atoms with Crippen LogP contribution in [0.4, 0.5) is 5.95 Å². The molecule has 4 rings (SSSR count). The summed E-state index contributed by atoms with van der Waals surface area (Å²) in [6.45, 7) is 6.06. The van der Waals surface area contributed by atoms with Crippen LogP contribution < -0.4 is 5.32 Å². The molecule has 0 unspecified atom stereocenters. The van der Waals surface area contributed by atoms with Crippen molar-refractivity contribution in [1.29, 1.82) is 0 Å². The Morgan fingerprint density at radius 1 is 0.909 bits per heavy atom. The number of aromatic amines is 1. The van der Waals surface area contributed by atoms with E-state index in [9.17, 15) is 9.59 Å². The second-order valence-electron chi connectivity index (χ2n) is 8.93. The van der Waals surface area contributed by atoms with Crippen LogP contribution in [0, 0.1) is 17.3 Å². The van der Waals surface area contributed by atoms with Gasteiger partial charge < -0.3 is 4.98 Å². The van der Waals surface area contributed by atoms with Gasteiger partial charge in [0.1, 0.15) is 16.9 Å². The van der Waals surface area contributed by atoms with Gasteiger partial charge in [-0.25, -0.2) is 9.97 Å². The highest BCUT2D eigenvalue weighted by atomic mass is 16.2. The van der Waals surface area contributed by atoms with Crippen LogP contribution in [0.3, 0.4) is 0 Å². The number of amides is 1. The number of hydrogen-bond acceptors (Lipinski definition) is 4. The van der Waals surface area contributed by atoms with Crippen molar-refractivity contribution in [3.63, 3.8) is 0 Å². The van der Waals surface area contributed by atoms with Gasteiger partial charge in [-0.1, -0.05) is 57.0 Å². The molecular weight excluding hydrogens is 412 g/mol. The number of fused-ring (bicyclic) bond motifs is 1. The molecular formula is C27H24N4O2. The van der Waals surface area contributed by atoms with E-state index in [1.807, 2.05) is 57.2 Å². The van der Waals surface area contributed by atoms with Crippen LogP contribution in [0.5, 0.6) is 0 Å². The summed E-state index contributed by atoms with van der Waals surface area (Å²) < 4.78 is 0. The number of nitrogens with zero attached hydrogens (tertiary/aromatic N) is 2. The van der Waals surface area contributed by atoms with Gasteiger partial charge in [-0.05, 0) is 47.7 Å². The van der Waals surface area contributed by atoms with Crippen molar-refractivity contribution in [2.24, 2.45) is 5.41 Å². The van der Waals surface area contributed by atoms with Crippen LogP contribution in [0.1, 0.15) is 59.3 Å². The SMILES string of the molecule is CC(C)(C)CC(=O)c1cccc2[nH]c(NC(=O)c3cccc(C#Cc4ccccc4)n3)nc12. The number of H-pyrrole nitrogens is 1. The number of Topliss-reactive ketones (excluding diaryl/α,β-unsaturated/α-hetero) is 1. The zero-order chi connectivity index (χ0) is 23.4. The number of imidazole rings is 1. The van der Waals surface area contributed by atoms with Crippen LogP contribution in [0.25, 0.3) is 11.0 Å². The third-order valence-electron chi connectivity index (χ3n) is 4.83. The lowest BCUT2D eigenvalue weighted by Gasteiger charge is -2.16. The van der Waals surface area contributed by atoms with Gasteiger partial charge in [-0.2, -0.15) is 0 Å². The molecule has 0 radical (unpaired) electrons. The molecule has 0 atom stereocenters. The van der Waals surface area contributed by atoms with Crippen LogP contribution in [0.15, 0.2) is 66.7 Å². The normalized spacial score (nSPS) is 11.0. The first-order valence-electron chi connectivity index (χ1n) is 10.7. The molecule has 0 fully saturated rings. The minimum Gasteiger partial charge on any atom is -0.324 e. The topological polar surface area (TPSA) is 87.7 Å². The van der Waals surface area contributed by atoms with Crippen molar-refractivity contribution in [2.45, 2.75) is 27.2 Å². The van der Waals surface area contributed by atoms with E-state index >= 15 is 0 Å². The smallest absolute Gasteiger partial charge is 0.276 e. The number of para-hydroxylation sites is 1. The van der Waals surface area contributed by atoms with E-state index in [0.29, 0.717) is 28.7 Å². The van der Waals surface area contributed by atoms with Crippen LogP contribution >= 0.6 is 0 Å². The lowest BCUT2D eigenvalue weighted by molar-refractivity contribution is 0.0940. The molecule has 4 aromatic rings. The number of nitrogens with one attached hydrogen (secondary N) is 2. The van der Waals surface area contributed by atoms with Gasteiger partial charge in [-0.15, -0.1) is 0 Å². The number of anilines is 1. The second-order valence-corrected chi connectivity index (χ2v) is 8.93. The van der Waals surface area contributed by atoms with Crippen molar-refractivity contribution in [1.82, 2.24) is 15.0 Å². The van der Waals surface area contributed by atoms with Gasteiger partial charge in [0.15, 0.2) is 5.78 Å².